The van der Waals surface area contributed by atoms with Crippen molar-refractivity contribution in [1.82, 2.24) is 10.2 Å². The summed E-state index contributed by atoms with van der Waals surface area (Å²) in [5, 5.41) is 8.16. The number of Topliss-reactive ketones (excluding diaryl/α,β-unsaturated/α-hetero) is 1. The van der Waals surface area contributed by atoms with Crippen molar-refractivity contribution in [1.29, 1.82) is 0 Å². The molecule has 3 rings (SSSR count). The van der Waals surface area contributed by atoms with Gasteiger partial charge in [0.1, 0.15) is 0 Å². The number of benzene rings is 1. The number of rotatable bonds is 8. The van der Waals surface area contributed by atoms with Crippen LogP contribution in [0.2, 0.25) is 0 Å². The molecule has 0 radical (unpaired) electrons. The van der Waals surface area contributed by atoms with Crippen LogP contribution in [0.25, 0.3) is 0 Å². The number of sulfone groups is 1. The molecule has 8 nitrogen and oxygen atoms in total. The van der Waals surface area contributed by atoms with E-state index in [-0.39, 0.29) is 29.0 Å². The quantitative estimate of drug-likeness (QED) is 0.475. The SMILES string of the molecule is COc1ccc(C(=O)CSc2nnc(C[C@@H]3CCS(=O)(=O)C3)o2)cc1OC. The Labute approximate surface area is 161 Å². The minimum absolute atomic E-state index is 0.0155. The summed E-state index contributed by atoms with van der Waals surface area (Å²) in [5.74, 6) is 1.86. The van der Waals surface area contributed by atoms with Crippen LogP contribution >= 0.6 is 11.8 Å². The lowest BCUT2D eigenvalue weighted by atomic mass is 10.1. The largest absolute Gasteiger partial charge is 0.493 e. The molecule has 1 saturated heterocycles. The summed E-state index contributed by atoms with van der Waals surface area (Å²) < 4.78 is 38.9. The molecule has 1 aromatic heterocycles. The molecule has 0 amide bonds. The van der Waals surface area contributed by atoms with E-state index in [2.05, 4.69) is 10.2 Å². The lowest BCUT2D eigenvalue weighted by Crippen LogP contribution is -2.07. The lowest BCUT2D eigenvalue weighted by molar-refractivity contribution is 0.102. The van der Waals surface area contributed by atoms with Gasteiger partial charge in [0.05, 0.1) is 31.5 Å². The summed E-state index contributed by atoms with van der Waals surface area (Å²) in [5.41, 5.74) is 0.496. The number of nitrogens with zero attached hydrogens (tertiary/aromatic N) is 2. The highest BCUT2D eigenvalue weighted by Gasteiger charge is 2.29. The number of carbonyl (C=O) groups excluding carboxylic acids is 1. The van der Waals surface area contributed by atoms with E-state index in [1.54, 1.807) is 18.2 Å². The Kier molecular flexibility index (Phi) is 6.05. The minimum Gasteiger partial charge on any atom is -0.493 e. The van der Waals surface area contributed by atoms with Crippen LogP contribution in [-0.2, 0) is 16.3 Å². The first kappa shape index (κ1) is 19.7. The number of ether oxygens (including phenoxy) is 2. The fourth-order valence-corrected chi connectivity index (χ4v) is 5.42. The Hall–Kier alpha value is -2.07. The van der Waals surface area contributed by atoms with Crippen molar-refractivity contribution in [3.05, 3.63) is 29.7 Å². The fourth-order valence-electron chi connectivity index (χ4n) is 2.88. The van der Waals surface area contributed by atoms with Crippen LogP contribution in [0, 0.1) is 5.92 Å². The second-order valence-corrected chi connectivity index (χ2v) is 9.37. The Morgan fingerprint density at radius 2 is 2.04 bits per heavy atom. The average Bonchev–Trinajstić information content (AvgIpc) is 3.24. The third-order valence-corrected chi connectivity index (χ3v) is 6.93. The number of ketones is 1. The van der Waals surface area contributed by atoms with Crippen molar-refractivity contribution in [2.45, 2.75) is 18.1 Å². The number of hydrogen-bond acceptors (Lipinski definition) is 9. The maximum Gasteiger partial charge on any atom is 0.277 e. The van der Waals surface area contributed by atoms with Crippen LogP contribution in [0.15, 0.2) is 27.8 Å². The molecule has 0 spiro atoms. The second-order valence-electron chi connectivity index (χ2n) is 6.22. The molecule has 2 heterocycles. The first-order chi connectivity index (χ1) is 12.9. The van der Waals surface area contributed by atoms with Gasteiger partial charge in [-0.3, -0.25) is 4.79 Å². The highest BCUT2D eigenvalue weighted by molar-refractivity contribution is 7.99. The van der Waals surface area contributed by atoms with Crippen LogP contribution in [0.1, 0.15) is 22.7 Å². The highest BCUT2D eigenvalue weighted by Crippen LogP contribution is 2.29. The zero-order valence-corrected chi connectivity index (χ0v) is 16.6. The molecule has 0 unspecified atom stereocenters. The van der Waals surface area contributed by atoms with Crippen molar-refractivity contribution >= 4 is 27.4 Å². The molecule has 146 valence electrons. The van der Waals surface area contributed by atoms with E-state index in [1.165, 1.54) is 14.2 Å². The standard InChI is InChI=1S/C17H20N2O6S2/c1-23-14-4-3-12(8-15(14)24-2)13(20)9-26-17-19-18-16(25-17)7-11-5-6-27(21,22)10-11/h3-4,8,11H,5-7,9-10H2,1-2H3/t11-/m0/s1. The molecule has 0 N–H and O–H groups in total. The van der Waals surface area contributed by atoms with E-state index in [0.29, 0.717) is 41.0 Å². The maximum absolute atomic E-state index is 12.4. The van der Waals surface area contributed by atoms with Crippen LogP contribution in [0.5, 0.6) is 11.5 Å². The Bertz CT molecular complexity index is 925. The predicted octanol–water partition coefficient (Wildman–Crippen LogP) is 2.04. The summed E-state index contributed by atoms with van der Waals surface area (Å²) >= 11 is 1.15. The average molecular weight is 412 g/mol. The molecule has 1 aliphatic rings. The molecule has 27 heavy (non-hydrogen) atoms. The fraction of sp³-hybridized carbons (Fsp3) is 0.471. The normalized spacial score (nSPS) is 18.4. The van der Waals surface area contributed by atoms with Gasteiger partial charge in [0.15, 0.2) is 27.1 Å². The van der Waals surface area contributed by atoms with Crippen LogP contribution in [0.4, 0.5) is 0 Å². The van der Waals surface area contributed by atoms with Gasteiger partial charge in [0, 0.05) is 12.0 Å². The van der Waals surface area contributed by atoms with Crippen LogP contribution in [0.3, 0.4) is 0 Å². The first-order valence-corrected chi connectivity index (χ1v) is 11.1. The summed E-state index contributed by atoms with van der Waals surface area (Å²) in [6.45, 7) is 0. The van der Waals surface area contributed by atoms with Gasteiger partial charge >= 0.3 is 0 Å². The number of aromatic nitrogens is 2. The van der Waals surface area contributed by atoms with Gasteiger partial charge < -0.3 is 13.9 Å². The summed E-state index contributed by atoms with van der Waals surface area (Å²) in [6, 6.07) is 4.97. The molecule has 0 saturated carbocycles. The van der Waals surface area contributed by atoms with Gasteiger partial charge in [0.25, 0.3) is 5.22 Å². The third-order valence-electron chi connectivity index (χ3n) is 4.27. The van der Waals surface area contributed by atoms with Gasteiger partial charge in [-0.05, 0) is 30.5 Å². The van der Waals surface area contributed by atoms with E-state index in [9.17, 15) is 13.2 Å². The number of thioether (sulfide) groups is 1. The minimum atomic E-state index is -2.93. The smallest absolute Gasteiger partial charge is 0.277 e. The Morgan fingerprint density at radius 1 is 1.26 bits per heavy atom. The number of hydrogen-bond donors (Lipinski definition) is 0. The highest BCUT2D eigenvalue weighted by atomic mass is 32.2. The zero-order chi connectivity index (χ0) is 19.4. The van der Waals surface area contributed by atoms with E-state index in [0.717, 1.165) is 11.8 Å². The van der Waals surface area contributed by atoms with Crippen molar-refractivity contribution in [2.75, 3.05) is 31.5 Å². The third kappa shape index (κ3) is 5.01. The molecule has 0 aliphatic carbocycles. The van der Waals surface area contributed by atoms with Crippen molar-refractivity contribution < 1.29 is 27.1 Å². The molecular weight excluding hydrogens is 392 g/mol. The van der Waals surface area contributed by atoms with Crippen molar-refractivity contribution in [3.8, 4) is 11.5 Å². The molecule has 1 aromatic carbocycles. The molecule has 1 aliphatic heterocycles. The molecule has 10 heteroatoms. The summed E-state index contributed by atoms with van der Waals surface area (Å²) in [6.07, 6.45) is 1.06. The summed E-state index contributed by atoms with van der Waals surface area (Å²) in [7, 11) is 0.111. The van der Waals surface area contributed by atoms with E-state index in [1.807, 2.05) is 0 Å². The van der Waals surface area contributed by atoms with Gasteiger partial charge in [-0.25, -0.2) is 8.42 Å². The van der Waals surface area contributed by atoms with Gasteiger partial charge in [-0.1, -0.05) is 11.8 Å². The molecular formula is C17H20N2O6S2. The van der Waals surface area contributed by atoms with E-state index in [4.69, 9.17) is 13.9 Å². The predicted molar refractivity (Wildman–Crippen MR) is 99.4 cm³/mol. The lowest BCUT2D eigenvalue weighted by Gasteiger charge is -2.08. The topological polar surface area (TPSA) is 109 Å². The number of methoxy groups -OCH3 is 2. The Morgan fingerprint density at radius 3 is 2.70 bits per heavy atom. The van der Waals surface area contributed by atoms with Gasteiger partial charge in [0.2, 0.25) is 5.89 Å². The Balaban J connectivity index is 1.56. The van der Waals surface area contributed by atoms with E-state index < -0.39 is 9.84 Å². The van der Waals surface area contributed by atoms with E-state index >= 15 is 0 Å². The monoisotopic (exact) mass is 412 g/mol. The van der Waals surface area contributed by atoms with Gasteiger partial charge in [-0.2, -0.15) is 0 Å². The van der Waals surface area contributed by atoms with Crippen molar-refractivity contribution in [3.63, 3.8) is 0 Å². The van der Waals surface area contributed by atoms with Gasteiger partial charge in [-0.15, -0.1) is 10.2 Å². The van der Waals surface area contributed by atoms with Crippen molar-refractivity contribution in [2.24, 2.45) is 5.92 Å². The zero-order valence-electron chi connectivity index (χ0n) is 15.0. The first-order valence-electron chi connectivity index (χ1n) is 8.31. The summed E-state index contributed by atoms with van der Waals surface area (Å²) in [4.78, 5) is 12.4. The molecule has 1 atom stereocenters. The van der Waals surface area contributed by atoms with Crippen LogP contribution in [-0.4, -0.2) is 55.9 Å². The molecule has 2 aromatic rings. The number of carbonyl (C=O) groups is 1. The second kappa shape index (κ2) is 8.30. The maximum atomic E-state index is 12.4. The van der Waals surface area contributed by atoms with Crippen LogP contribution < -0.4 is 9.47 Å². The molecule has 0 bridgehead atoms. The molecule has 1 fully saturated rings.